The normalized spacial score (nSPS) is 14.9. The second-order valence-corrected chi connectivity index (χ2v) is 6.17. The molecule has 0 fully saturated rings. The number of alkyl halides is 1. The van der Waals surface area contributed by atoms with Crippen molar-refractivity contribution in [3.63, 3.8) is 0 Å². The van der Waals surface area contributed by atoms with Crippen LogP contribution < -0.4 is 0 Å². The molecule has 2 heterocycles. The topological polar surface area (TPSA) is 30.7 Å². The highest BCUT2D eigenvalue weighted by atomic mass is 35.5. The van der Waals surface area contributed by atoms with Gasteiger partial charge in [0.05, 0.1) is 5.38 Å². The van der Waals surface area contributed by atoms with Crippen LogP contribution in [0, 0.1) is 5.92 Å². The highest BCUT2D eigenvalue weighted by molar-refractivity contribution is 7.98. The molecule has 0 N–H and O–H groups in total. The second-order valence-electron chi connectivity index (χ2n) is 4.60. The van der Waals surface area contributed by atoms with Gasteiger partial charge in [-0.1, -0.05) is 6.92 Å². The largest absolute Gasteiger partial charge is 0.311 e. The van der Waals surface area contributed by atoms with Gasteiger partial charge in [0, 0.05) is 12.7 Å². The molecule has 2 rings (SSSR count). The fourth-order valence-corrected chi connectivity index (χ4v) is 2.95. The molecule has 0 saturated heterocycles. The Morgan fingerprint density at radius 3 is 2.89 bits per heavy atom. The van der Waals surface area contributed by atoms with E-state index in [9.17, 15) is 0 Å². The van der Waals surface area contributed by atoms with Crippen LogP contribution in [0.4, 0.5) is 0 Å². The van der Waals surface area contributed by atoms with Crippen molar-refractivity contribution in [3.8, 4) is 0 Å². The lowest BCUT2D eigenvalue weighted by Crippen LogP contribution is -2.13. The third-order valence-electron chi connectivity index (χ3n) is 2.83. The Labute approximate surface area is 117 Å². The first-order chi connectivity index (χ1) is 8.63. The van der Waals surface area contributed by atoms with Crippen LogP contribution in [0.2, 0.25) is 0 Å². The van der Waals surface area contributed by atoms with Gasteiger partial charge < -0.3 is 4.57 Å². The molecule has 2 aromatic rings. The number of aromatic nitrogens is 3. The first-order valence-corrected chi connectivity index (χ1v) is 7.90. The fraction of sp³-hybridized carbons (Fsp3) is 0.538. The lowest BCUT2D eigenvalue weighted by Gasteiger charge is -2.14. The summed E-state index contributed by atoms with van der Waals surface area (Å²) >= 11 is 8.09. The van der Waals surface area contributed by atoms with Crippen molar-refractivity contribution in [2.75, 3.05) is 12.0 Å². The maximum absolute atomic E-state index is 6.22. The highest BCUT2D eigenvalue weighted by Gasteiger charge is 2.17. The Morgan fingerprint density at radius 2 is 2.22 bits per heavy atom. The van der Waals surface area contributed by atoms with Gasteiger partial charge in [-0.2, -0.15) is 11.8 Å². The predicted octanol–water partition coefficient (Wildman–Crippen LogP) is 3.73. The highest BCUT2D eigenvalue weighted by Crippen LogP contribution is 2.24. The van der Waals surface area contributed by atoms with Gasteiger partial charge in [0.1, 0.15) is 11.3 Å². The zero-order chi connectivity index (χ0) is 13.1. The third kappa shape index (κ3) is 2.81. The van der Waals surface area contributed by atoms with E-state index in [-0.39, 0.29) is 5.38 Å². The van der Waals surface area contributed by atoms with Gasteiger partial charge in [0.2, 0.25) is 0 Å². The van der Waals surface area contributed by atoms with Gasteiger partial charge in [-0.15, -0.1) is 11.6 Å². The molecule has 2 unspecified atom stereocenters. The molecule has 2 atom stereocenters. The molecule has 0 saturated carbocycles. The van der Waals surface area contributed by atoms with Gasteiger partial charge in [-0.3, -0.25) is 0 Å². The number of imidazole rings is 1. The number of nitrogens with zero attached hydrogens (tertiary/aromatic N) is 3. The standard InChI is InChI=1S/C13H18ClN3S/c1-9(8-18-3)7-17-12(10(2)14)16-11-5-4-6-15-13(11)17/h4-6,9-10H,7-8H2,1-3H3. The van der Waals surface area contributed by atoms with Crippen molar-refractivity contribution < 1.29 is 0 Å². The summed E-state index contributed by atoms with van der Waals surface area (Å²) in [7, 11) is 0. The van der Waals surface area contributed by atoms with E-state index >= 15 is 0 Å². The van der Waals surface area contributed by atoms with Crippen LogP contribution in [0.15, 0.2) is 18.3 Å². The minimum Gasteiger partial charge on any atom is -0.311 e. The summed E-state index contributed by atoms with van der Waals surface area (Å²) in [4.78, 5) is 9.02. The molecule has 0 bridgehead atoms. The molecule has 0 spiro atoms. The van der Waals surface area contributed by atoms with Gasteiger partial charge in [-0.05, 0) is 37.0 Å². The summed E-state index contributed by atoms with van der Waals surface area (Å²) < 4.78 is 2.16. The molecular weight excluding hydrogens is 266 g/mol. The Hall–Kier alpha value is -0.740. The quantitative estimate of drug-likeness (QED) is 0.784. The van der Waals surface area contributed by atoms with E-state index in [0.29, 0.717) is 5.92 Å². The average Bonchev–Trinajstić information content (AvgIpc) is 2.69. The van der Waals surface area contributed by atoms with Crippen molar-refractivity contribution in [1.82, 2.24) is 14.5 Å². The molecular formula is C13H18ClN3S. The monoisotopic (exact) mass is 283 g/mol. The SMILES string of the molecule is CSCC(C)Cn1c(C(C)Cl)nc2cccnc21. The average molecular weight is 284 g/mol. The first-order valence-electron chi connectivity index (χ1n) is 6.07. The maximum Gasteiger partial charge on any atom is 0.160 e. The summed E-state index contributed by atoms with van der Waals surface area (Å²) in [5.41, 5.74) is 1.87. The molecule has 0 aliphatic heterocycles. The minimum absolute atomic E-state index is 0.0966. The van der Waals surface area contributed by atoms with E-state index in [1.165, 1.54) is 0 Å². The van der Waals surface area contributed by atoms with Crippen molar-refractivity contribution in [1.29, 1.82) is 0 Å². The van der Waals surface area contributed by atoms with Crippen LogP contribution in [0.1, 0.15) is 25.0 Å². The van der Waals surface area contributed by atoms with Crippen LogP contribution in [-0.4, -0.2) is 26.5 Å². The van der Waals surface area contributed by atoms with E-state index in [0.717, 1.165) is 29.3 Å². The zero-order valence-corrected chi connectivity index (χ0v) is 12.5. The Balaban J connectivity index is 2.42. The van der Waals surface area contributed by atoms with Crippen molar-refractivity contribution in [3.05, 3.63) is 24.2 Å². The Bertz CT molecular complexity index is 524. The molecule has 0 aliphatic rings. The summed E-state index contributed by atoms with van der Waals surface area (Å²) in [5, 5.41) is -0.0966. The summed E-state index contributed by atoms with van der Waals surface area (Å²) in [6.07, 6.45) is 3.94. The fourth-order valence-electron chi connectivity index (χ4n) is 2.11. The molecule has 0 aromatic carbocycles. The van der Waals surface area contributed by atoms with E-state index in [2.05, 4.69) is 27.7 Å². The smallest absolute Gasteiger partial charge is 0.160 e. The summed E-state index contributed by atoms with van der Waals surface area (Å²) in [5.74, 6) is 2.62. The van der Waals surface area contributed by atoms with E-state index in [4.69, 9.17) is 11.6 Å². The minimum atomic E-state index is -0.0966. The van der Waals surface area contributed by atoms with E-state index in [1.54, 1.807) is 0 Å². The number of fused-ring (bicyclic) bond motifs is 1. The molecule has 0 amide bonds. The summed E-state index contributed by atoms with van der Waals surface area (Å²) in [6, 6.07) is 3.90. The molecule has 2 aromatic heterocycles. The van der Waals surface area contributed by atoms with Gasteiger partial charge >= 0.3 is 0 Å². The number of hydrogen-bond acceptors (Lipinski definition) is 3. The molecule has 18 heavy (non-hydrogen) atoms. The zero-order valence-electron chi connectivity index (χ0n) is 10.9. The van der Waals surface area contributed by atoms with Crippen LogP contribution in [-0.2, 0) is 6.54 Å². The van der Waals surface area contributed by atoms with Crippen molar-refractivity contribution in [2.45, 2.75) is 25.8 Å². The first kappa shape index (κ1) is 13.7. The molecule has 5 heteroatoms. The molecule has 0 radical (unpaired) electrons. The predicted molar refractivity (Wildman–Crippen MR) is 79.3 cm³/mol. The lowest BCUT2D eigenvalue weighted by molar-refractivity contribution is 0.522. The van der Waals surface area contributed by atoms with Crippen LogP contribution in [0.3, 0.4) is 0 Å². The van der Waals surface area contributed by atoms with Crippen LogP contribution >= 0.6 is 23.4 Å². The van der Waals surface area contributed by atoms with Gasteiger partial charge in [-0.25, -0.2) is 9.97 Å². The second kappa shape index (κ2) is 5.93. The van der Waals surface area contributed by atoms with E-state index in [1.807, 2.05) is 37.0 Å². The van der Waals surface area contributed by atoms with Gasteiger partial charge in [0.25, 0.3) is 0 Å². The number of pyridine rings is 1. The molecule has 0 aliphatic carbocycles. The molecule has 98 valence electrons. The summed E-state index contributed by atoms with van der Waals surface area (Å²) in [6.45, 7) is 5.12. The Morgan fingerprint density at radius 1 is 1.44 bits per heavy atom. The van der Waals surface area contributed by atoms with Crippen molar-refractivity contribution in [2.24, 2.45) is 5.92 Å². The number of halogens is 1. The van der Waals surface area contributed by atoms with Crippen LogP contribution in [0.25, 0.3) is 11.2 Å². The van der Waals surface area contributed by atoms with Crippen LogP contribution in [0.5, 0.6) is 0 Å². The molecule has 3 nitrogen and oxygen atoms in total. The lowest BCUT2D eigenvalue weighted by atomic mass is 10.2. The number of rotatable bonds is 5. The number of thioether (sulfide) groups is 1. The number of hydrogen-bond donors (Lipinski definition) is 0. The maximum atomic E-state index is 6.22. The Kier molecular flexibility index (Phi) is 4.51. The van der Waals surface area contributed by atoms with E-state index < -0.39 is 0 Å². The van der Waals surface area contributed by atoms with Crippen molar-refractivity contribution >= 4 is 34.5 Å². The third-order valence-corrected chi connectivity index (χ3v) is 3.93. The van der Waals surface area contributed by atoms with Gasteiger partial charge in [0.15, 0.2) is 5.65 Å².